The van der Waals surface area contributed by atoms with Gasteiger partial charge in [-0.05, 0) is 68.0 Å². The Morgan fingerprint density at radius 2 is 1.83 bits per heavy atom. The minimum atomic E-state index is -1.49. The number of amides is 2. The van der Waals surface area contributed by atoms with E-state index in [1.807, 2.05) is 0 Å². The van der Waals surface area contributed by atoms with Crippen LogP contribution in [0.25, 0.3) is 0 Å². The molecule has 0 saturated carbocycles. The maximum atomic E-state index is 13.9. The lowest BCUT2D eigenvalue weighted by atomic mass is 9.92. The van der Waals surface area contributed by atoms with Gasteiger partial charge in [0.15, 0.2) is 11.6 Å². The van der Waals surface area contributed by atoms with E-state index >= 15 is 0 Å². The van der Waals surface area contributed by atoms with Crippen LogP contribution in [-0.4, -0.2) is 29.8 Å². The van der Waals surface area contributed by atoms with Crippen LogP contribution in [0.15, 0.2) is 30.3 Å². The zero-order valence-electron chi connectivity index (χ0n) is 16.5. The highest BCUT2D eigenvalue weighted by Gasteiger charge is 2.29. The molecule has 1 heterocycles. The van der Waals surface area contributed by atoms with E-state index in [2.05, 4.69) is 5.32 Å². The molecule has 1 atom stereocenters. The summed E-state index contributed by atoms with van der Waals surface area (Å²) in [5, 5.41) is 2.73. The van der Waals surface area contributed by atoms with Crippen LogP contribution in [0.2, 0.25) is 0 Å². The van der Waals surface area contributed by atoms with E-state index in [1.54, 1.807) is 6.92 Å². The van der Waals surface area contributed by atoms with Gasteiger partial charge in [-0.3, -0.25) is 9.59 Å². The predicted octanol–water partition coefficient (Wildman–Crippen LogP) is 4.82. The van der Waals surface area contributed by atoms with E-state index in [1.165, 1.54) is 23.1 Å². The van der Waals surface area contributed by atoms with Gasteiger partial charge in [0.25, 0.3) is 5.91 Å². The molecule has 2 amide bonds. The van der Waals surface area contributed by atoms with Crippen molar-refractivity contribution >= 4 is 17.5 Å². The number of hydrogen-bond acceptors (Lipinski definition) is 2. The van der Waals surface area contributed by atoms with Crippen molar-refractivity contribution in [2.24, 2.45) is 5.92 Å². The molecule has 0 aliphatic carbocycles. The van der Waals surface area contributed by atoms with Gasteiger partial charge in [0, 0.05) is 25.2 Å². The summed E-state index contributed by atoms with van der Waals surface area (Å²) in [4.78, 5) is 26.1. The summed E-state index contributed by atoms with van der Waals surface area (Å²) in [6.07, 6.45) is 2.05. The molecule has 2 aromatic rings. The van der Waals surface area contributed by atoms with Crippen LogP contribution < -0.4 is 5.32 Å². The molecule has 4 nitrogen and oxygen atoms in total. The van der Waals surface area contributed by atoms with Crippen LogP contribution >= 0.6 is 0 Å². The topological polar surface area (TPSA) is 49.4 Å². The van der Waals surface area contributed by atoms with E-state index in [-0.39, 0.29) is 30.6 Å². The summed E-state index contributed by atoms with van der Waals surface area (Å²) < 4.78 is 54.5. The monoisotopic (exact) mass is 422 g/mol. The van der Waals surface area contributed by atoms with Crippen molar-refractivity contribution in [3.63, 3.8) is 0 Å². The number of rotatable bonds is 5. The van der Waals surface area contributed by atoms with E-state index in [9.17, 15) is 27.2 Å². The summed E-state index contributed by atoms with van der Waals surface area (Å²) >= 11 is 0. The third kappa shape index (κ3) is 4.98. The van der Waals surface area contributed by atoms with Crippen LogP contribution in [0.5, 0.6) is 0 Å². The summed E-state index contributed by atoms with van der Waals surface area (Å²) in [6, 6.07) is 5.45. The second-order valence-electron chi connectivity index (χ2n) is 7.52. The smallest absolute Gasteiger partial charge is 0.259 e. The van der Waals surface area contributed by atoms with Crippen LogP contribution in [0, 0.1) is 36.1 Å². The first-order valence-electron chi connectivity index (χ1n) is 9.75. The molecule has 8 heteroatoms. The molecule has 1 unspecified atom stereocenters. The Kier molecular flexibility index (Phi) is 6.74. The van der Waals surface area contributed by atoms with Crippen LogP contribution in [0.3, 0.4) is 0 Å². The van der Waals surface area contributed by atoms with Crippen molar-refractivity contribution < 1.29 is 27.2 Å². The minimum Gasteiger partial charge on any atom is -0.338 e. The van der Waals surface area contributed by atoms with Gasteiger partial charge in [-0.1, -0.05) is 0 Å². The first kappa shape index (κ1) is 21.8. The number of nitrogens with one attached hydrogen (secondary N) is 1. The zero-order valence-corrected chi connectivity index (χ0v) is 16.5. The number of anilines is 1. The molecule has 1 saturated heterocycles. The Morgan fingerprint density at radius 1 is 1.10 bits per heavy atom. The number of halogens is 4. The third-order valence-electron chi connectivity index (χ3n) is 5.31. The first-order valence-corrected chi connectivity index (χ1v) is 9.75. The van der Waals surface area contributed by atoms with E-state index in [4.69, 9.17) is 0 Å². The van der Waals surface area contributed by atoms with Crippen molar-refractivity contribution in [3.05, 3.63) is 64.7 Å². The molecular formula is C22H22F4N2O2. The van der Waals surface area contributed by atoms with Crippen molar-refractivity contribution in [1.29, 1.82) is 0 Å². The SMILES string of the molecule is Cc1cc(F)ccc1NC(=O)CCC1CCCN(C(=O)c2c(F)ccc(F)c2F)C1. The summed E-state index contributed by atoms with van der Waals surface area (Å²) in [5.74, 6) is -5.41. The molecule has 0 spiro atoms. The Balaban J connectivity index is 1.58. The quantitative estimate of drug-likeness (QED) is 0.555. The van der Waals surface area contributed by atoms with Crippen molar-refractivity contribution in [2.45, 2.75) is 32.6 Å². The van der Waals surface area contributed by atoms with E-state index in [0.29, 0.717) is 36.7 Å². The predicted molar refractivity (Wildman–Crippen MR) is 104 cm³/mol. The molecular weight excluding hydrogens is 400 g/mol. The lowest BCUT2D eigenvalue weighted by Gasteiger charge is -2.33. The number of likely N-dealkylation sites (tertiary alicyclic amines) is 1. The summed E-state index contributed by atoms with van der Waals surface area (Å²) in [6.45, 7) is 2.23. The number of carbonyl (C=O) groups is 2. The third-order valence-corrected chi connectivity index (χ3v) is 5.31. The molecule has 30 heavy (non-hydrogen) atoms. The Hall–Kier alpha value is -2.90. The number of aryl methyl sites for hydroxylation is 1. The second kappa shape index (κ2) is 9.28. The van der Waals surface area contributed by atoms with Gasteiger partial charge < -0.3 is 10.2 Å². The number of carbonyl (C=O) groups excluding carboxylic acids is 2. The van der Waals surface area contributed by atoms with E-state index < -0.39 is 28.9 Å². The highest BCUT2D eigenvalue weighted by atomic mass is 19.2. The Morgan fingerprint density at radius 3 is 2.57 bits per heavy atom. The second-order valence-corrected chi connectivity index (χ2v) is 7.52. The van der Waals surface area contributed by atoms with Gasteiger partial charge in [0.2, 0.25) is 5.91 Å². The molecule has 2 aromatic carbocycles. The largest absolute Gasteiger partial charge is 0.338 e. The Bertz CT molecular complexity index is 964. The molecule has 0 bridgehead atoms. The fourth-order valence-corrected chi connectivity index (χ4v) is 3.68. The van der Waals surface area contributed by atoms with Crippen molar-refractivity contribution in [1.82, 2.24) is 4.90 Å². The molecule has 0 radical (unpaired) electrons. The Labute approximate surface area is 171 Å². The fourth-order valence-electron chi connectivity index (χ4n) is 3.68. The number of benzene rings is 2. The molecule has 1 N–H and O–H groups in total. The van der Waals surface area contributed by atoms with Gasteiger partial charge in [0.1, 0.15) is 17.2 Å². The van der Waals surface area contributed by atoms with Gasteiger partial charge in [0.05, 0.1) is 0 Å². The van der Waals surface area contributed by atoms with Gasteiger partial charge >= 0.3 is 0 Å². The minimum absolute atomic E-state index is 0.0255. The van der Waals surface area contributed by atoms with Gasteiger partial charge in [-0.25, -0.2) is 17.6 Å². The molecule has 0 aromatic heterocycles. The zero-order chi connectivity index (χ0) is 21.8. The number of hydrogen-bond donors (Lipinski definition) is 1. The average molecular weight is 422 g/mol. The summed E-state index contributed by atoms with van der Waals surface area (Å²) in [5.41, 5.74) is 0.246. The standard InChI is InChI=1S/C22H22F4N2O2/c1-13-11-15(23)5-8-18(13)27-19(29)9-4-14-3-2-10-28(12-14)22(30)20-16(24)6-7-17(25)21(20)26/h5-8,11,14H,2-4,9-10,12H2,1H3,(H,27,29). The van der Waals surface area contributed by atoms with Crippen LogP contribution in [0.1, 0.15) is 41.6 Å². The first-order chi connectivity index (χ1) is 14.3. The van der Waals surface area contributed by atoms with Crippen LogP contribution in [0.4, 0.5) is 23.2 Å². The van der Waals surface area contributed by atoms with Crippen LogP contribution in [-0.2, 0) is 4.79 Å². The van der Waals surface area contributed by atoms with Gasteiger partial charge in [-0.15, -0.1) is 0 Å². The maximum Gasteiger partial charge on any atom is 0.259 e. The molecule has 160 valence electrons. The number of piperidine rings is 1. The fraction of sp³-hybridized carbons (Fsp3) is 0.364. The molecule has 1 fully saturated rings. The van der Waals surface area contributed by atoms with Gasteiger partial charge in [-0.2, -0.15) is 0 Å². The molecule has 1 aliphatic heterocycles. The molecule has 3 rings (SSSR count). The van der Waals surface area contributed by atoms with Crippen molar-refractivity contribution in [2.75, 3.05) is 18.4 Å². The summed E-state index contributed by atoms with van der Waals surface area (Å²) in [7, 11) is 0. The number of nitrogens with zero attached hydrogens (tertiary/aromatic N) is 1. The maximum absolute atomic E-state index is 13.9. The van der Waals surface area contributed by atoms with E-state index in [0.717, 1.165) is 12.5 Å². The van der Waals surface area contributed by atoms with Crippen molar-refractivity contribution in [3.8, 4) is 0 Å². The highest BCUT2D eigenvalue weighted by Crippen LogP contribution is 2.25. The highest BCUT2D eigenvalue weighted by molar-refractivity contribution is 5.95. The average Bonchev–Trinajstić information content (AvgIpc) is 2.72. The molecule has 1 aliphatic rings. The lowest BCUT2D eigenvalue weighted by molar-refractivity contribution is -0.116. The lowest BCUT2D eigenvalue weighted by Crippen LogP contribution is -2.41. The normalized spacial score (nSPS) is 16.4.